The third kappa shape index (κ3) is 10.9. The molecule has 360 valence electrons. The second-order valence-corrected chi connectivity index (χ2v) is 21.3. The number of anilines is 1. The van der Waals surface area contributed by atoms with E-state index in [4.69, 9.17) is 9.47 Å². The topological polar surface area (TPSA) is 192 Å². The zero-order valence-corrected chi connectivity index (χ0v) is 39.7. The van der Waals surface area contributed by atoms with Crippen LogP contribution in [-0.2, 0) is 14.8 Å². The molecular formula is C50H64FN7O8S. The van der Waals surface area contributed by atoms with Crippen molar-refractivity contribution in [2.75, 3.05) is 51.3 Å². The highest BCUT2D eigenvalue weighted by atomic mass is 32.2. The van der Waals surface area contributed by atoms with Crippen LogP contribution >= 0.6 is 0 Å². The van der Waals surface area contributed by atoms with E-state index in [0.717, 1.165) is 64.1 Å². The molecule has 4 fully saturated rings. The van der Waals surface area contributed by atoms with E-state index in [-0.39, 0.29) is 51.9 Å². The number of aromatic nitrogens is 2. The summed E-state index contributed by atoms with van der Waals surface area (Å²) in [6.07, 6.45) is 14.7. The Hall–Kier alpha value is -5.52. The van der Waals surface area contributed by atoms with E-state index >= 15 is 0 Å². The Bertz CT molecular complexity index is 2600. The van der Waals surface area contributed by atoms with Gasteiger partial charge in [-0.3, -0.25) is 19.8 Å². The number of nitrogens with zero attached hydrogens (tertiary/aromatic N) is 4. The van der Waals surface area contributed by atoms with Gasteiger partial charge in [-0.2, -0.15) is 4.98 Å². The number of sulfonamides is 1. The number of ether oxygens (including phenoxy) is 2. The van der Waals surface area contributed by atoms with Crippen LogP contribution in [-0.4, -0.2) is 102 Å². The molecule has 1 amide bonds. The molecule has 8 rings (SSSR count). The minimum atomic E-state index is -4.63. The Morgan fingerprint density at radius 3 is 2.54 bits per heavy atom. The predicted molar refractivity (Wildman–Crippen MR) is 255 cm³/mol. The monoisotopic (exact) mass is 941 g/mol. The van der Waals surface area contributed by atoms with Gasteiger partial charge in [0.2, 0.25) is 0 Å². The number of allylic oxidation sites excluding steroid dienone is 2. The first-order chi connectivity index (χ1) is 32.0. The van der Waals surface area contributed by atoms with Crippen LogP contribution in [0.2, 0.25) is 0 Å². The molecule has 4 aliphatic rings. The third-order valence-electron chi connectivity index (χ3n) is 14.5. The fourth-order valence-corrected chi connectivity index (χ4v) is 11.6. The molecule has 0 radical (unpaired) electrons. The maximum atomic E-state index is 14.6. The summed E-state index contributed by atoms with van der Waals surface area (Å²) in [7, 11) is -4.63. The standard InChI is InChI=1S/C50H64FN7O8S/c1-5-65-48-45(27-40-41(51)29-53-46(40)54-48)66-30-35(47(59)55-67(63,64)36-15-16-42(44(26-36)58(61)62)52-28-34-17-19-49(4,60)20-18-34)10-9-23-56-24-21-50(22-25-56)31-57(32-50)43-14-8-13-39(43)38-12-7-6-11-37(38)33(2)3/h6-7,9-12,15-16,23,26-27,29,33-34,39,43,52,60H,5,8,13-14,17-22,24-25,28,30-32H2,1-4H3,(H,53,54)(H,55,59)/b23-9+,35-10+/t34-,39-,43-,49-/m1/s1. The van der Waals surface area contributed by atoms with Crippen molar-refractivity contribution in [1.82, 2.24) is 24.5 Å². The lowest BCUT2D eigenvalue weighted by molar-refractivity contribution is -0.384. The van der Waals surface area contributed by atoms with Crippen molar-refractivity contribution >= 4 is 38.3 Å². The normalized spacial score (nSPS) is 23.5. The van der Waals surface area contributed by atoms with Gasteiger partial charge in [0.05, 0.1) is 33.0 Å². The number of H-pyrrole nitrogens is 1. The number of carbonyl (C=O) groups excluding carboxylic acids is 1. The van der Waals surface area contributed by atoms with Crippen molar-refractivity contribution in [3.05, 3.63) is 106 Å². The lowest BCUT2D eigenvalue weighted by Gasteiger charge is -2.57. The maximum absolute atomic E-state index is 14.6. The number of carbonyl (C=O) groups is 1. The van der Waals surface area contributed by atoms with Crippen molar-refractivity contribution in [1.29, 1.82) is 0 Å². The molecule has 0 bridgehead atoms. The van der Waals surface area contributed by atoms with Gasteiger partial charge < -0.3 is 29.8 Å². The number of halogens is 1. The molecule has 2 atom stereocenters. The van der Waals surface area contributed by atoms with Gasteiger partial charge in [-0.1, -0.05) is 44.5 Å². The van der Waals surface area contributed by atoms with Gasteiger partial charge in [-0.05, 0) is 136 Å². The van der Waals surface area contributed by atoms with Crippen molar-refractivity contribution in [2.45, 2.75) is 114 Å². The van der Waals surface area contributed by atoms with Crippen molar-refractivity contribution in [2.24, 2.45) is 11.3 Å². The van der Waals surface area contributed by atoms with Gasteiger partial charge in [-0.15, -0.1) is 0 Å². The summed E-state index contributed by atoms with van der Waals surface area (Å²) in [5.74, 6) is -0.251. The largest absolute Gasteiger partial charge is 0.483 e. The minimum absolute atomic E-state index is 0.0413. The number of fused-ring (bicyclic) bond motifs is 1. The number of aliphatic hydroxyl groups is 1. The van der Waals surface area contributed by atoms with E-state index < -0.39 is 49.5 Å². The number of likely N-dealkylation sites (tertiary alicyclic amines) is 2. The molecule has 4 aromatic rings. The Balaban J connectivity index is 0.948. The smallest absolute Gasteiger partial charge is 0.293 e. The van der Waals surface area contributed by atoms with Crippen LogP contribution in [0.15, 0.2) is 83.5 Å². The second kappa shape index (κ2) is 20.0. The summed E-state index contributed by atoms with van der Waals surface area (Å²) < 4.78 is 55.9. The van der Waals surface area contributed by atoms with Crippen LogP contribution in [0.25, 0.3) is 11.0 Å². The molecule has 4 N–H and O–H groups in total. The van der Waals surface area contributed by atoms with Crippen molar-refractivity contribution in [3.63, 3.8) is 0 Å². The Kier molecular flexibility index (Phi) is 14.3. The number of benzene rings is 2. The number of rotatable bonds is 17. The zero-order chi connectivity index (χ0) is 47.5. The van der Waals surface area contributed by atoms with Gasteiger partial charge >= 0.3 is 0 Å². The van der Waals surface area contributed by atoms with Crippen LogP contribution in [0.5, 0.6) is 11.6 Å². The van der Waals surface area contributed by atoms with Gasteiger partial charge in [-0.25, -0.2) is 17.5 Å². The molecule has 15 nitrogen and oxygen atoms in total. The molecule has 4 heterocycles. The quantitative estimate of drug-likeness (QED) is 0.0342. The van der Waals surface area contributed by atoms with Crippen LogP contribution < -0.4 is 19.5 Å². The Morgan fingerprint density at radius 1 is 1.07 bits per heavy atom. The number of amides is 1. The van der Waals surface area contributed by atoms with Gasteiger partial charge in [0.1, 0.15) is 23.8 Å². The van der Waals surface area contributed by atoms with E-state index in [0.29, 0.717) is 37.3 Å². The SMILES string of the molecule is CCOc1nc2[nH]cc(F)c2cc1OC/C(=C\C=C\N1CCC2(CC1)CN([C@@H]1CCC[C@@H]1c1ccccc1C(C)C)C2)C(=O)NS(=O)(=O)c1ccc(NC[C@H]2CC[C@](C)(O)CC2)c([N+](=O)[O-])c1. The fourth-order valence-electron chi connectivity index (χ4n) is 10.6. The van der Waals surface area contributed by atoms with E-state index in [1.165, 1.54) is 54.7 Å². The van der Waals surface area contributed by atoms with E-state index in [9.17, 15) is 32.8 Å². The van der Waals surface area contributed by atoms with Crippen molar-refractivity contribution in [3.8, 4) is 11.6 Å². The molecule has 2 aliphatic heterocycles. The van der Waals surface area contributed by atoms with E-state index in [2.05, 4.69) is 67.9 Å². The fraction of sp³-hybridized carbons (Fsp3) is 0.520. The highest BCUT2D eigenvalue weighted by Gasteiger charge is 2.49. The number of aromatic amines is 1. The summed E-state index contributed by atoms with van der Waals surface area (Å²) in [4.78, 5) is 37.0. The summed E-state index contributed by atoms with van der Waals surface area (Å²) in [5.41, 5.74) is 2.35. The molecule has 17 heteroatoms. The van der Waals surface area contributed by atoms with E-state index in [1.807, 2.05) is 6.20 Å². The number of piperidine rings is 1. The number of hydrogen-bond donors (Lipinski definition) is 4. The summed E-state index contributed by atoms with van der Waals surface area (Å²) in [5, 5.41) is 25.7. The number of nitro benzene ring substituents is 1. The Morgan fingerprint density at radius 2 is 1.82 bits per heavy atom. The first kappa shape index (κ1) is 48.0. The summed E-state index contributed by atoms with van der Waals surface area (Å²) in [6, 6.07) is 14.4. The lowest BCUT2D eigenvalue weighted by Crippen LogP contribution is -2.63. The Labute approximate surface area is 392 Å². The van der Waals surface area contributed by atoms with Gasteiger partial charge in [0.25, 0.3) is 27.5 Å². The lowest BCUT2D eigenvalue weighted by atomic mass is 9.70. The highest BCUT2D eigenvalue weighted by Crippen LogP contribution is 2.48. The summed E-state index contributed by atoms with van der Waals surface area (Å²) >= 11 is 0. The van der Waals surface area contributed by atoms with Gasteiger partial charge in [0.15, 0.2) is 5.75 Å². The molecule has 2 aromatic heterocycles. The molecule has 1 spiro atoms. The van der Waals surface area contributed by atoms with Crippen LogP contribution in [0.1, 0.15) is 108 Å². The number of nitro groups is 1. The van der Waals surface area contributed by atoms with Crippen LogP contribution in [0, 0.1) is 27.3 Å². The maximum Gasteiger partial charge on any atom is 0.293 e. The first-order valence-corrected chi connectivity index (χ1v) is 25.2. The third-order valence-corrected chi connectivity index (χ3v) is 15.8. The molecule has 2 saturated heterocycles. The summed E-state index contributed by atoms with van der Waals surface area (Å²) in [6.45, 7) is 12.1. The zero-order valence-electron chi connectivity index (χ0n) is 38.9. The molecule has 0 unspecified atom stereocenters. The highest BCUT2D eigenvalue weighted by molar-refractivity contribution is 7.90. The van der Waals surface area contributed by atoms with Crippen molar-refractivity contribution < 1.29 is 37.1 Å². The average molecular weight is 942 g/mol. The second-order valence-electron chi connectivity index (χ2n) is 19.6. The molecular weight excluding hydrogens is 878 g/mol. The number of hydrogen-bond acceptors (Lipinski definition) is 12. The van der Waals surface area contributed by atoms with Gasteiger partial charge in [0, 0.05) is 51.0 Å². The van der Waals surface area contributed by atoms with E-state index in [1.54, 1.807) is 19.9 Å². The molecule has 2 aromatic carbocycles. The number of nitrogens with one attached hydrogen (secondary N) is 3. The van der Waals surface area contributed by atoms with Crippen LogP contribution in [0.3, 0.4) is 0 Å². The minimum Gasteiger partial charge on any atom is -0.483 e. The average Bonchev–Trinajstić information content (AvgIpc) is 3.92. The predicted octanol–water partition coefficient (Wildman–Crippen LogP) is 8.54. The molecule has 2 aliphatic carbocycles. The first-order valence-electron chi connectivity index (χ1n) is 23.7. The van der Waals surface area contributed by atoms with Crippen LogP contribution in [0.4, 0.5) is 15.8 Å². The number of pyridine rings is 1. The molecule has 67 heavy (non-hydrogen) atoms. The molecule has 2 saturated carbocycles.